The second-order valence-corrected chi connectivity index (χ2v) is 5.67. The maximum Gasteiger partial charge on any atom is 0.303 e. The Morgan fingerprint density at radius 2 is 2.11 bits per heavy atom. The Balaban J connectivity index is 2.02. The van der Waals surface area contributed by atoms with Crippen molar-refractivity contribution in [3.63, 3.8) is 0 Å². The van der Waals surface area contributed by atoms with E-state index < -0.39 is 5.97 Å². The van der Waals surface area contributed by atoms with Crippen molar-refractivity contribution in [3.05, 3.63) is 35.9 Å². The molecular weight excluding hydrogens is 242 g/mol. The van der Waals surface area contributed by atoms with Crippen LogP contribution in [-0.4, -0.2) is 23.6 Å². The molecule has 0 unspecified atom stereocenters. The first-order chi connectivity index (χ1) is 8.96. The standard InChI is InChI=1S/C15H19NO3/c1-15(2,9-14(17)18)8-13-16-12(10-19-13)11-6-4-3-5-7-11/h3-7,12H,8-10H2,1-2H3,(H,17,18)/t12-/m0/s1. The predicted molar refractivity (Wildman–Crippen MR) is 73.2 cm³/mol. The van der Waals surface area contributed by atoms with Gasteiger partial charge in [-0.2, -0.15) is 0 Å². The van der Waals surface area contributed by atoms with E-state index >= 15 is 0 Å². The summed E-state index contributed by atoms with van der Waals surface area (Å²) >= 11 is 0. The van der Waals surface area contributed by atoms with Crippen LogP contribution >= 0.6 is 0 Å². The van der Waals surface area contributed by atoms with Crippen LogP contribution in [0.3, 0.4) is 0 Å². The average molecular weight is 261 g/mol. The summed E-state index contributed by atoms with van der Waals surface area (Å²) in [5.74, 6) is -0.122. The number of rotatable bonds is 5. The molecule has 0 amide bonds. The molecule has 4 heteroatoms. The Morgan fingerprint density at radius 3 is 2.74 bits per heavy atom. The molecule has 4 nitrogen and oxygen atoms in total. The number of nitrogens with zero attached hydrogens (tertiary/aromatic N) is 1. The van der Waals surface area contributed by atoms with Crippen LogP contribution in [0.4, 0.5) is 0 Å². The smallest absolute Gasteiger partial charge is 0.303 e. The number of ether oxygens (including phenoxy) is 1. The number of carboxylic acids is 1. The fourth-order valence-corrected chi connectivity index (χ4v) is 2.25. The summed E-state index contributed by atoms with van der Waals surface area (Å²) in [4.78, 5) is 15.3. The van der Waals surface area contributed by atoms with Crippen LogP contribution in [0, 0.1) is 5.41 Å². The van der Waals surface area contributed by atoms with Crippen molar-refractivity contribution in [3.8, 4) is 0 Å². The molecule has 0 bridgehead atoms. The molecule has 1 aromatic rings. The second kappa shape index (κ2) is 5.43. The van der Waals surface area contributed by atoms with E-state index in [0.717, 1.165) is 5.56 Å². The predicted octanol–water partition coefficient (Wildman–Crippen LogP) is 3.05. The Morgan fingerprint density at radius 1 is 1.42 bits per heavy atom. The number of hydrogen-bond donors (Lipinski definition) is 1. The van der Waals surface area contributed by atoms with Gasteiger partial charge in [0.05, 0.1) is 6.42 Å². The number of carbonyl (C=O) groups is 1. The van der Waals surface area contributed by atoms with E-state index in [-0.39, 0.29) is 17.9 Å². The minimum Gasteiger partial charge on any atom is -0.481 e. The molecule has 0 aliphatic carbocycles. The summed E-state index contributed by atoms with van der Waals surface area (Å²) < 4.78 is 5.59. The molecule has 1 N–H and O–H groups in total. The second-order valence-electron chi connectivity index (χ2n) is 5.67. The summed E-state index contributed by atoms with van der Waals surface area (Å²) in [7, 11) is 0. The zero-order valence-corrected chi connectivity index (χ0v) is 11.3. The number of carboxylic acid groups (broad SMARTS) is 1. The van der Waals surface area contributed by atoms with Gasteiger partial charge in [0.15, 0.2) is 5.90 Å². The van der Waals surface area contributed by atoms with Crippen molar-refractivity contribution in [1.82, 2.24) is 0 Å². The van der Waals surface area contributed by atoms with Crippen molar-refractivity contribution >= 4 is 11.9 Å². The zero-order chi connectivity index (χ0) is 13.9. The lowest BCUT2D eigenvalue weighted by Crippen LogP contribution is -2.21. The molecule has 2 rings (SSSR count). The molecule has 0 radical (unpaired) electrons. The van der Waals surface area contributed by atoms with Crippen molar-refractivity contribution in [1.29, 1.82) is 0 Å². The van der Waals surface area contributed by atoms with E-state index in [1.165, 1.54) is 0 Å². The first kappa shape index (κ1) is 13.6. The molecule has 1 aliphatic rings. The summed E-state index contributed by atoms with van der Waals surface area (Å²) in [5.41, 5.74) is 0.796. The van der Waals surface area contributed by atoms with Crippen LogP contribution in [-0.2, 0) is 9.53 Å². The largest absolute Gasteiger partial charge is 0.481 e. The first-order valence-electron chi connectivity index (χ1n) is 6.42. The highest BCUT2D eigenvalue weighted by Gasteiger charge is 2.28. The summed E-state index contributed by atoms with van der Waals surface area (Å²) in [6, 6.07) is 10.0. The third-order valence-corrected chi connectivity index (χ3v) is 3.15. The van der Waals surface area contributed by atoms with Gasteiger partial charge in [0.1, 0.15) is 12.6 Å². The zero-order valence-electron chi connectivity index (χ0n) is 11.3. The van der Waals surface area contributed by atoms with Crippen LogP contribution in [0.5, 0.6) is 0 Å². The molecule has 1 aromatic carbocycles. The maximum atomic E-state index is 10.8. The fourth-order valence-electron chi connectivity index (χ4n) is 2.25. The molecule has 1 aliphatic heterocycles. The topological polar surface area (TPSA) is 58.9 Å². The molecule has 0 spiro atoms. The highest BCUT2D eigenvalue weighted by Crippen LogP contribution is 2.30. The van der Waals surface area contributed by atoms with Gasteiger partial charge in [0.25, 0.3) is 0 Å². The van der Waals surface area contributed by atoms with Crippen molar-refractivity contribution in [2.45, 2.75) is 32.7 Å². The van der Waals surface area contributed by atoms with Crippen LogP contribution in [0.15, 0.2) is 35.3 Å². The number of aliphatic imine (C=N–C) groups is 1. The molecule has 1 atom stereocenters. The average Bonchev–Trinajstić information content (AvgIpc) is 2.76. The number of aliphatic carboxylic acids is 1. The minimum absolute atomic E-state index is 0.0387. The SMILES string of the molecule is CC(C)(CC(=O)O)CC1=N[C@H](c2ccccc2)CO1. The van der Waals surface area contributed by atoms with Crippen LogP contribution in [0.1, 0.15) is 38.3 Å². The monoisotopic (exact) mass is 261 g/mol. The van der Waals surface area contributed by atoms with Crippen molar-refractivity contribution in [2.75, 3.05) is 6.61 Å². The van der Waals surface area contributed by atoms with Crippen LogP contribution in [0.25, 0.3) is 0 Å². The Hall–Kier alpha value is -1.84. The highest BCUT2D eigenvalue weighted by atomic mass is 16.5. The molecule has 0 saturated heterocycles. The van der Waals surface area contributed by atoms with E-state index in [1.807, 2.05) is 44.2 Å². The Bertz CT molecular complexity index is 479. The Labute approximate surface area is 113 Å². The summed E-state index contributed by atoms with van der Waals surface area (Å²) in [6.07, 6.45) is 0.675. The quantitative estimate of drug-likeness (QED) is 0.886. The van der Waals surface area contributed by atoms with Gasteiger partial charge in [0, 0.05) is 6.42 Å². The van der Waals surface area contributed by atoms with Gasteiger partial charge >= 0.3 is 5.97 Å². The van der Waals surface area contributed by atoms with E-state index in [9.17, 15) is 4.79 Å². The molecule has 0 fully saturated rings. The van der Waals surface area contributed by atoms with Gasteiger partial charge < -0.3 is 9.84 Å². The molecule has 19 heavy (non-hydrogen) atoms. The lowest BCUT2D eigenvalue weighted by molar-refractivity contribution is -0.139. The maximum absolute atomic E-state index is 10.8. The van der Waals surface area contributed by atoms with Crippen molar-refractivity contribution in [2.24, 2.45) is 10.4 Å². The lowest BCUT2D eigenvalue weighted by atomic mass is 9.86. The van der Waals surface area contributed by atoms with Gasteiger partial charge in [-0.15, -0.1) is 0 Å². The summed E-state index contributed by atoms with van der Waals surface area (Å²) in [6.45, 7) is 4.38. The first-order valence-corrected chi connectivity index (χ1v) is 6.42. The van der Waals surface area contributed by atoms with Gasteiger partial charge in [-0.3, -0.25) is 4.79 Å². The van der Waals surface area contributed by atoms with Gasteiger partial charge in [0.2, 0.25) is 0 Å². The summed E-state index contributed by atoms with van der Waals surface area (Å²) in [5, 5.41) is 8.87. The van der Waals surface area contributed by atoms with Gasteiger partial charge in [-0.05, 0) is 11.0 Å². The number of benzene rings is 1. The van der Waals surface area contributed by atoms with Crippen LogP contribution in [0.2, 0.25) is 0 Å². The fraction of sp³-hybridized carbons (Fsp3) is 0.467. The van der Waals surface area contributed by atoms with E-state index in [4.69, 9.17) is 9.84 Å². The Kier molecular flexibility index (Phi) is 3.88. The normalized spacial score (nSPS) is 18.8. The van der Waals surface area contributed by atoms with Crippen molar-refractivity contribution < 1.29 is 14.6 Å². The third kappa shape index (κ3) is 3.81. The van der Waals surface area contributed by atoms with Gasteiger partial charge in [-0.1, -0.05) is 44.2 Å². The molecule has 1 heterocycles. The highest BCUT2D eigenvalue weighted by molar-refractivity contribution is 5.79. The third-order valence-electron chi connectivity index (χ3n) is 3.15. The molecule has 102 valence electrons. The van der Waals surface area contributed by atoms with E-state index in [1.54, 1.807) is 0 Å². The minimum atomic E-state index is -0.789. The van der Waals surface area contributed by atoms with Crippen LogP contribution < -0.4 is 0 Å². The molecule has 0 aromatic heterocycles. The van der Waals surface area contributed by atoms with Gasteiger partial charge in [-0.25, -0.2) is 4.99 Å². The lowest BCUT2D eigenvalue weighted by Gasteiger charge is -2.21. The molecular formula is C15H19NO3. The van der Waals surface area contributed by atoms with E-state index in [2.05, 4.69) is 4.99 Å². The van der Waals surface area contributed by atoms with E-state index in [0.29, 0.717) is 18.9 Å². The number of hydrogen-bond acceptors (Lipinski definition) is 3. The molecule has 0 saturated carbocycles.